The van der Waals surface area contributed by atoms with Gasteiger partial charge in [-0.3, -0.25) is 4.79 Å². The Balaban J connectivity index is 1.83. The number of aliphatic hydroxyl groups is 1. The topological polar surface area (TPSA) is 58.6 Å². The number of aryl methyl sites for hydroxylation is 1. The predicted molar refractivity (Wildman–Crippen MR) is 85.6 cm³/mol. The second kappa shape index (κ2) is 6.03. The molecule has 0 aliphatic carbocycles. The number of nitrogens with one attached hydrogen (secondary N) is 1. The first-order valence-electron chi connectivity index (χ1n) is 7.11. The van der Waals surface area contributed by atoms with E-state index in [0.29, 0.717) is 11.3 Å². The number of ether oxygens (including phenoxy) is 1. The lowest BCUT2D eigenvalue weighted by molar-refractivity contribution is -0.113. The number of hydrogen-bond donors (Lipinski definition) is 2. The van der Waals surface area contributed by atoms with Crippen molar-refractivity contribution in [3.05, 3.63) is 64.7 Å². The first-order chi connectivity index (χ1) is 10.7. The maximum absolute atomic E-state index is 12.4. The van der Waals surface area contributed by atoms with Gasteiger partial charge in [0.15, 0.2) is 0 Å². The van der Waals surface area contributed by atoms with Gasteiger partial charge in [0.05, 0.1) is 12.2 Å². The Kier molecular flexibility index (Phi) is 3.94. The summed E-state index contributed by atoms with van der Waals surface area (Å²) < 4.78 is 5.60. The molecule has 0 aromatic heterocycles. The quantitative estimate of drug-likeness (QED) is 0.915. The highest BCUT2D eigenvalue weighted by Crippen LogP contribution is 2.26. The molecule has 0 bridgehead atoms. The van der Waals surface area contributed by atoms with E-state index in [2.05, 4.69) is 5.32 Å². The van der Waals surface area contributed by atoms with Gasteiger partial charge in [-0.05, 0) is 36.3 Å². The van der Waals surface area contributed by atoms with Crippen LogP contribution in [0.25, 0.3) is 6.08 Å². The lowest BCUT2D eigenvalue weighted by atomic mass is 10.1. The Morgan fingerprint density at radius 1 is 1.27 bits per heavy atom. The Hall–Kier alpha value is -2.59. The van der Waals surface area contributed by atoms with Crippen molar-refractivity contribution >= 4 is 17.7 Å². The standard InChI is InChI=1S/C18H17NO3/c1-12-6-7-13(10-20)8-16(12)19-18(21)15-9-14-4-2-3-5-17(14)22-11-15/h2-9,20H,10-11H2,1H3,(H,19,21). The third kappa shape index (κ3) is 2.87. The minimum Gasteiger partial charge on any atom is -0.488 e. The number of carbonyl (C=O) groups is 1. The maximum Gasteiger partial charge on any atom is 0.255 e. The highest BCUT2D eigenvalue weighted by atomic mass is 16.5. The highest BCUT2D eigenvalue weighted by molar-refractivity contribution is 6.07. The fourth-order valence-corrected chi connectivity index (χ4v) is 2.35. The van der Waals surface area contributed by atoms with Gasteiger partial charge >= 0.3 is 0 Å². The molecule has 0 fully saturated rings. The first kappa shape index (κ1) is 14.4. The second-order valence-electron chi connectivity index (χ2n) is 5.26. The molecule has 0 spiro atoms. The van der Waals surface area contributed by atoms with Crippen molar-refractivity contribution in [3.63, 3.8) is 0 Å². The van der Waals surface area contributed by atoms with Crippen LogP contribution in [0.2, 0.25) is 0 Å². The van der Waals surface area contributed by atoms with Gasteiger partial charge in [0, 0.05) is 11.3 Å². The summed E-state index contributed by atoms with van der Waals surface area (Å²) in [5.74, 6) is 0.602. The van der Waals surface area contributed by atoms with E-state index in [9.17, 15) is 9.90 Å². The summed E-state index contributed by atoms with van der Waals surface area (Å²) in [7, 11) is 0. The smallest absolute Gasteiger partial charge is 0.255 e. The Morgan fingerprint density at radius 3 is 2.91 bits per heavy atom. The molecule has 1 amide bonds. The van der Waals surface area contributed by atoms with Gasteiger partial charge in [0.2, 0.25) is 0 Å². The molecule has 4 heteroatoms. The summed E-state index contributed by atoms with van der Waals surface area (Å²) in [5.41, 5.74) is 3.90. The monoisotopic (exact) mass is 295 g/mol. The summed E-state index contributed by atoms with van der Waals surface area (Å²) in [5, 5.41) is 12.1. The van der Waals surface area contributed by atoms with Crippen LogP contribution in [0.1, 0.15) is 16.7 Å². The molecule has 2 aromatic rings. The fourth-order valence-electron chi connectivity index (χ4n) is 2.35. The molecule has 2 aromatic carbocycles. The normalized spacial score (nSPS) is 12.9. The van der Waals surface area contributed by atoms with Gasteiger partial charge in [-0.25, -0.2) is 0 Å². The highest BCUT2D eigenvalue weighted by Gasteiger charge is 2.17. The van der Waals surface area contributed by atoms with Crippen LogP contribution in [-0.4, -0.2) is 17.6 Å². The van der Waals surface area contributed by atoms with Gasteiger partial charge in [-0.2, -0.15) is 0 Å². The van der Waals surface area contributed by atoms with E-state index in [1.54, 1.807) is 6.07 Å². The van der Waals surface area contributed by atoms with Crippen molar-refractivity contribution in [2.24, 2.45) is 0 Å². The molecule has 3 rings (SSSR count). The molecule has 1 aliphatic rings. The lowest BCUT2D eigenvalue weighted by Crippen LogP contribution is -2.21. The molecular weight excluding hydrogens is 278 g/mol. The zero-order valence-electron chi connectivity index (χ0n) is 12.3. The molecule has 1 heterocycles. The number of para-hydroxylation sites is 1. The van der Waals surface area contributed by atoms with Crippen molar-refractivity contribution in [2.45, 2.75) is 13.5 Å². The predicted octanol–water partition coefficient (Wildman–Crippen LogP) is 2.90. The van der Waals surface area contributed by atoms with E-state index in [0.717, 1.165) is 22.4 Å². The number of rotatable bonds is 3. The zero-order valence-corrected chi connectivity index (χ0v) is 12.3. The van der Waals surface area contributed by atoms with E-state index < -0.39 is 0 Å². The third-order valence-electron chi connectivity index (χ3n) is 3.66. The minimum absolute atomic E-state index is 0.0532. The summed E-state index contributed by atoms with van der Waals surface area (Å²) >= 11 is 0. The Morgan fingerprint density at radius 2 is 2.09 bits per heavy atom. The van der Waals surface area contributed by atoms with Gasteiger partial charge in [-0.1, -0.05) is 30.3 Å². The lowest BCUT2D eigenvalue weighted by Gasteiger charge is -2.18. The molecule has 0 radical (unpaired) electrons. The van der Waals surface area contributed by atoms with Crippen LogP contribution in [-0.2, 0) is 11.4 Å². The van der Waals surface area contributed by atoms with E-state index in [1.807, 2.05) is 49.4 Å². The van der Waals surface area contributed by atoms with Crippen molar-refractivity contribution < 1.29 is 14.6 Å². The van der Waals surface area contributed by atoms with Gasteiger partial charge in [0.25, 0.3) is 5.91 Å². The molecule has 22 heavy (non-hydrogen) atoms. The number of benzene rings is 2. The van der Waals surface area contributed by atoms with Gasteiger partial charge in [-0.15, -0.1) is 0 Å². The van der Waals surface area contributed by atoms with Crippen molar-refractivity contribution in [2.75, 3.05) is 11.9 Å². The summed E-state index contributed by atoms with van der Waals surface area (Å²) in [6, 6.07) is 13.1. The molecular formula is C18H17NO3. The largest absolute Gasteiger partial charge is 0.488 e. The number of aliphatic hydroxyl groups excluding tert-OH is 1. The third-order valence-corrected chi connectivity index (χ3v) is 3.66. The van der Waals surface area contributed by atoms with Crippen molar-refractivity contribution in [1.82, 2.24) is 0 Å². The minimum atomic E-state index is -0.187. The van der Waals surface area contributed by atoms with Crippen LogP contribution in [0, 0.1) is 6.92 Å². The second-order valence-corrected chi connectivity index (χ2v) is 5.26. The number of fused-ring (bicyclic) bond motifs is 1. The first-order valence-corrected chi connectivity index (χ1v) is 7.11. The van der Waals surface area contributed by atoms with Crippen LogP contribution in [0.15, 0.2) is 48.0 Å². The molecule has 1 aliphatic heterocycles. The number of amides is 1. The molecule has 4 nitrogen and oxygen atoms in total. The van der Waals surface area contributed by atoms with E-state index in [4.69, 9.17) is 4.74 Å². The summed E-state index contributed by atoms with van der Waals surface area (Å²) in [4.78, 5) is 12.4. The fraction of sp³-hybridized carbons (Fsp3) is 0.167. The van der Waals surface area contributed by atoms with Crippen molar-refractivity contribution in [3.8, 4) is 5.75 Å². The maximum atomic E-state index is 12.4. The van der Waals surface area contributed by atoms with Gasteiger partial charge < -0.3 is 15.2 Å². The Labute approximate surface area is 129 Å². The molecule has 0 saturated carbocycles. The number of anilines is 1. The van der Waals surface area contributed by atoms with E-state index in [-0.39, 0.29) is 19.1 Å². The van der Waals surface area contributed by atoms with Crippen LogP contribution in [0.4, 0.5) is 5.69 Å². The summed E-state index contributed by atoms with van der Waals surface area (Å²) in [6.07, 6.45) is 1.85. The average molecular weight is 295 g/mol. The summed E-state index contributed by atoms with van der Waals surface area (Å²) in [6.45, 7) is 2.11. The average Bonchev–Trinajstić information content (AvgIpc) is 2.56. The molecule has 112 valence electrons. The van der Waals surface area contributed by atoms with Gasteiger partial charge in [0.1, 0.15) is 12.4 Å². The zero-order chi connectivity index (χ0) is 15.5. The molecule has 0 saturated heterocycles. The van der Waals surface area contributed by atoms with Crippen LogP contribution in [0.5, 0.6) is 5.75 Å². The van der Waals surface area contributed by atoms with E-state index in [1.165, 1.54) is 0 Å². The molecule has 0 atom stereocenters. The van der Waals surface area contributed by atoms with E-state index >= 15 is 0 Å². The number of hydrogen-bond acceptors (Lipinski definition) is 3. The van der Waals surface area contributed by atoms with Crippen LogP contribution < -0.4 is 10.1 Å². The Bertz CT molecular complexity index is 750. The molecule has 0 unspecified atom stereocenters. The van der Waals surface area contributed by atoms with Crippen LogP contribution >= 0.6 is 0 Å². The molecule has 2 N–H and O–H groups in total. The van der Waals surface area contributed by atoms with Crippen molar-refractivity contribution in [1.29, 1.82) is 0 Å². The SMILES string of the molecule is Cc1ccc(CO)cc1NC(=O)C1=Cc2ccccc2OC1. The van der Waals surface area contributed by atoms with Crippen LogP contribution in [0.3, 0.4) is 0 Å². The number of carbonyl (C=O) groups excluding carboxylic acids is 1.